The van der Waals surface area contributed by atoms with Crippen molar-refractivity contribution in [3.8, 4) is 0 Å². The predicted molar refractivity (Wildman–Crippen MR) is 91.2 cm³/mol. The smallest absolute Gasteiger partial charge is 0.255 e. The molecule has 3 atom stereocenters. The number of aliphatic hydroxyl groups excluding tert-OH is 1. The Morgan fingerprint density at radius 2 is 2.04 bits per heavy atom. The second kappa shape index (κ2) is 6.05. The van der Waals surface area contributed by atoms with Crippen LogP contribution in [-0.2, 0) is 11.2 Å². The average molecular weight is 349 g/mol. The Morgan fingerprint density at radius 3 is 2.88 bits per heavy atom. The van der Waals surface area contributed by atoms with Gasteiger partial charge < -0.3 is 15.3 Å². The van der Waals surface area contributed by atoms with Crippen LogP contribution in [0.3, 0.4) is 0 Å². The van der Waals surface area contributed by atoms with E-state index in [0.29, 0.717) is 29.2 Å². The molecule has 24 heavy (non-hydrogen) atoms. The van der Waals surface area contributed by atoms with Gasteiger partial charge in [0.2, 0.25) is 5.91 Å². The topological polar surface area (TPSA) is 69.6 Å². The van der Waals surface area contributed by atoms with Gasteiger partial charge in [-0.05, 0) is 37.0 Å². The summed E-state index contributed by atoms with van der Waals surface area (Å²) >= 11 is 6.33. The number of amides is 2. The first kappa shape index (κ1) is 15.9. The molecule has 6 heteroatoms. The van der Waals surface area contributed by atoms with E-state index >= 15 is 0 Å². The van der Waals surface area contributed by atoms with Crippen LogP contribution in [0, 0.1) is 5.92 Å². The molecule has 2 N–H and O–H groups in total. The molecule has 1 saturated carbocycles. The second-order valence-electron chi connectivity index (χ2n) is 7.08. The van der Waals surface area contributed by atoms with Crippen LogP contribution in [-0.4, -0.2) is 40.5 Å². The lowest BCUT2D eigenvalue weighted by Gasteiger charge is -2.46. The van der Waals surface area contributed by atoms with Crippen molar-refractivity contribution in [1.82, 2.24) is 4.90 Å². The first-order valence-electron chi connectivity index (χ1n) is 8.66. The highest BCUT2D eigenvalue weighted by Crippen LogP contribution is 2.37. The zero-order valence-corrected chi connectivity index (χ0v) is 14.2. The van der Waals surface area contributed by atoms with E-state index in [2.05, 4.69) is 5.32 Å². The molecule has 0 bridgehead atoms. The van der Waals surface area contributed by atoms with E-state index in [1.54, 1.807) is 12.1 Å². The van der Waals surface area contributed by atoms with Crippen molar-refractivity contribution in [2.45, 2.75) is 50.7 Å². The summed E-state index contributed by atoms with van der Waals surface area (Å²) in [5.41, 5.74) is 1.99. The number of carbonyl (C=O) groups excluding carboxylic acids is 2. The van der Waals surface area contributed by atoms with Crippen molar-refractivity contribution in [2.24, 2.45) is 5.92 Å². The Hall–Kier alpha value is -1.59. The molecule has 0 aromatic heterocycles. The summed E-state index contributed by atoms with van der Waals surface area (Å²) in [6.07, 6.45) is 4.73. The lowest BCUT2D eigenvalue weighted by molar-refractivity contribution is -0.115. The first-order chi connectivity index (χ1) is 11.5. The van der Waals surface area contributed by atoms with E-state index in [-0.39, 0.29) is 36.3 Å². The summed E-state index contributed by atoms with van der Waals surface area (Å²) < 4.78 is 0. The Kier molecular flexibility index (Phi) is 4.01. The minimum Gasteiger partial charge on any atom is -0.393 e. The van der Waals surface area contributed by atoms with Crippen LogP contribution in [0.2, 0.25) is 5.02 Å². The van der Waals surface area contributed by atoms with E-state index in [1.165, 1.54) is 0 Å². The molecule has 2 heterocycles. The fourth-order valence-corrected chi connectivity index (χ4v) is 4.69. The number of halogens is 1. The minimum atomic E-state index is -0.309. The average Bonchev–Trinajstić information content (AvgIpc) is 2.93. The number of aliphatic hydroxyl groups is 1. The SMILES string of the molecule is O=C1Cc2cc(C(=O)N3CCC(O)C4CCCCC43)c(Cl)cc2N1. The van der Waals surface area contributed by atoms with Gasteiger partial charge in [-0.15, -0.1) is 0 Å². The standard InChI is InChI=1S/C18H21ClN2O3/c19-13-9-14-10(8-17(23)20-14)7-12(13)18(24)21-6-5-16(22)11-3-1-2-4-15(11)21/h7,9,11,15-16,22H,1-6,8H2,(H,20,23). The highest BCUT2D eigenvalue weighted by atomic mass is 35.5. The Labute approximate surface area is 146 Å². The summed E-state index contributed by atoms with van der Waals surface area (Å²) in [5, 5.41) is 13.4. The van der Waals surface area contributed by atoms with Crippen molar-refractivity contribution in [3.05, 3.63) is 28.3 Å². The molecule has 3 unspecified atom stereocenters. The molecule has 2 amide bonds. The van der Waals surface area contributed by atoms with E-state index in [4.69, 9.17) is 11.6 Å². The van der Waals surface area contributed by atoms with Crippen LogP contribution in [0.1, 0.15) is 48.0 Å². The molecule has 1 aromatic rings. The van der Waals surface area contributed by atoms with Gasteiger partial charge >= 0.3 is 0 Å². The van der Waals surface area contributed by atoms with Crippen LogP contribution >= 0.6 is 11.6 Å². The molecular weight excluding hydrogens is 328 g/mol. The molecule has 1 aromatic carbocycles. The van der Waals surface area contributed by atoms with Gasteiger partial charge in [0.05, 0.1) is 23.1 Å². The van der Waals surface area contributed by atoms with Crippen molar-refractivity contribution in [1.29, 1.82) is 0 Å². The summed E-state index contributed by atoms with van der Waals surface area (Å²) in [6.45, 7) is 0.561. The third kappa shape index (κ3) is 2.60. The highest BCUT2D eigenvalue weighted by molar-refractivity contribution is 6.34. The number of carbonyl (C=O) groups is 2. The van der Waals surface area contributed by atoms with Gasteiger partial charge in [0.25, 0.3) is 5.91 Å². The van der Waals surface area contributed by atoms with E-state index in [9.17, 15) is 14.7 Å². The molecule has 2 fully saturated rings. The highest BCUT2D eigenvalue weighted by Gasteiger charge is 2.41. The Balaban J connectivity index is 1.64. The number of hydrogen-bond donors (Lipinski definition) is 2. The number of fused-ring (bicyclic) bond motifs is 2. The molecule has 1 saturated heterocycles. The van der Waals surface area contributed by atoms with Crippen molar-refractivity contribution in [2.75, 3.05) is 11.9 Å². The van der Waals surface area contributed by atoms with Gasteiger partial charge in [-0.25, -0.2) is 0 Å². The summed E-state index contributed by atoms with van der Waals surface area (Å²) in [4.78, 5) is 26.6. The van der Waals surface area contributed by atoms with Crippen LogP contribution in [0.15, 0.2) is 12.1 Å². The molecule has 4 rings (SSSR count). The Bertz CT molecular complexity index is 706. The maximum absolute atomic E-state index is 13.1. The maximum Gasteiger partial charge on any atom is 0.255 e. The third-order valence-electron chi connectivity index (χ3n) is 5.65. The van der Waals surface area contributed by atoms with Crippen molar-refractivity contribution < 1.29 is 14.7 Å². The van der Waals surface area contributed by atoms with Crippen molar-refractivity contribution in [3.63, 3.8) is 0 Å². The van der Waals surface area contributed by atoms with Gasteiger partial charge in [-0.2, -0.15) is 0 Å². The molecule has 5 nitrogen and oxygen atoms in total. The fourth-order valence-electron chi connectivity index (χ4n) is 4.45. The predicted octanol–water partition coefficient (Wildman–Crippen LogP) is 2.60. The molecule has 0 radical (unpaired) electrons. The number of hydrogen-bond acceptors (Lipinski definition) is 3. The molecule has 128 valence electrons. The summed E-state index contributed by atoms with van der Waals surface area (Å²) in [5.74, 6) is 0.0259. The first-order valence-corrected chi connectivity index (χ1v) is 9.03. The number of likely N-dealkylation sites (tertiary alicyclic amines) is 1. The number of anilines is 1. The van der Waals surface area contributed by atoms with Gasteiger partial charge in [0.15, 0.2) is 0 Å². The molecule has 0 spiro atoms. The zero-order valence-electron chi connectivity index (χ0n) is 13.4. The van der Waals surface area contributed by atoms with E-state index < -0.39 is 0 Å². The Morgan fingerprint density at radius 1 is 1.25 bits per heavy atom. The number of nitrogens with zero attached hydrogens (tertiary/aromatic N) is 1. The van der Waals surface area contributed by atoms with Crippen LogP contribution in [0.4, 0.5) is 5.69 Å². The molecule has 1 aliphatic carbocycles. The van der Waals surface area contributed by atoms with Gasteiger partial charge in [0, 0.05) is 24.2 Å². The number of nitrogens with one attached hydrogen (secondary N) is 1. The zero-order chi connectivity index (χ0) is 16.8. The van der Waals surface area contributed by atoms with Gasteiger partial charge in [-0.1, -0.05) is 24.4 Å². The summed E-state index contributed by atoms with van der Waals surface area (Å²) in [7, 11) is 0. The normalized spacial score (nSPS) is 29.0. The van der Waals surface area contributed by atoms with Crippen molar-refractivity contribution >= 4 is 29.1 Å². The van der Waals surface area contributed by atoms with Gasteiger partial charge in [-0.3, -0.25) is 9.59 Å². The molecule has 2 aliphatic heterocycles. The van der Waals surface area contributed by atoms with Crippen LogP contribution < -0.4 is 5.32 Å². The van der Waals surface area contributed by atoms with Crippen LogP contribution in [0.25, 0.3) is 0 Å². The number of benzene rings is 1. The monoisotopic (exact) mass is 348 g/mol. The largest absolute Gasteiger partial charge is 0.393 e. The third-order valence-corrected chi connectivity index (χ3v) is 5.96. The minimum absolute atomic E-state index is 0.0703. The number of piperidine rings is 1. The number of rotatable bonds is 1. The molecular formula is C18H21ClN2O3. The van der Waals surface area contributed by atoms with Gasteiger partial charge in [0.1, 0.15) is 0 Å². The molecule has 3 aliphatic rings. The quantitative estimate of drug-likeness (QED) is 0.819. The van der Waals surface area contributed by atoms with E-state index in [1.807, 2.05) is 4.90 Å². The lowest BCUT2D eigenvalue weighted by Crippen LogP contribution is -2.54. The second-order valence-corrected chi connectivity index (χ2v) is 7.49. The van der Waals surface area contributed by atoms with Crippen LogP contribution in [0.5, 0.6) is 0 Å². The summed E-state index contributed by atoms with van der Waals surface area (Å²) in [6, 6.07) is 3.52. The fraction of sp³-hybridized carbons (Fsp3) is 0.556. The maximum atomic E-state index is 13.1. The lowest BCUT2D eigenvalue weighted by atomic mass is 9.76. The van der Waals surface area contributed by atoms with E-state index in [0.717, 1.165) is 31.2 Å².